The molecule has 3 rings (SSSR count). The maximum Gasteiger partial charge on any atom is 0.319 e. The number of carbonyl (C=O) groups is 1. The third-order valence-electron chi connectivity index (χ3n) is 3.96. The smallest absolute Gasteiger partial charge is 0.319 e. The Bertz CT molecular complexity index is 1060. The summed E-state index contributed by atoms with van der Waals surface area (Å²) in [5.74, 6) is -0.177. The highest BCUT2D eigenvalue weighted by Crippen LogP contribution is 2.20. The number of hydrogen-bond donors (Lipinski definition) is 3. The molecular formula is C19H20FN5O2. The van der Waals surface area contributed by atoms with E-state index in [0.29, 0.717) is 23.7 Å². The second kappa shape index (κ2) is 7.55. The molecule has 0 spiro atoms. The first-order valence-electron chi connectivity index (χ1n) is 8.53. The molecule has 3 aromatic rings. The van der Waals surface area contributed by atoms with E-state index in [0.717, 1.165) is 0 Å². The van der Waals surface area contributed by atoms with Gasteiger partial charge in [-0.15, -0.1) is 0 Å². The van der Waals surface area contributed by atoms with Crippen LogP contribution in [0.15, 0.2) is 47.3 Å². The van der Waals surface area contributed by atoms with Gasteiger partial charge in [0.25, 0.3) is 5.56 Å². The van der Waals surface area contributed by atoms with Crippen LogP contribution < -0.4 is 21.9 Å². The van der Waals surface area contributed by atoms with Crippen molar-refractivity contribution in [1.82, 2.24) is 14.9 Å². The van der Waals surface area contributed by atoms with E-state index in [4.69, 9.17) is 5.73 Å². The maximum absolute atomic E-state index is 13.5. The fraction of sp³-hybridized carbons (Fsp3) is 0.211. The van der Waals surface area contributed by atoms with Crippen molar-refractivity contribution in [2.24, 2.45) is 5.73 Å². The molecular weight excluding hydrogens is 349 g/mol. The molecule has 140 valence electrons. The lowest BCUT2D eigenvalue weighted by atomic mass is 10.2. The van der Waals surface area contributed by atoms with Gasteiger partial charge in [-0.1, -0.05) is 6.07 Å². The molecule has 1 aromatic heterocycles. The summed E-state index contributed by atoms with van der Waals surface area (Å²) in [6, 6.07) is 9.70. The lowest BCUT2D eigenvalue weighted by Gasteiger charge is -2.17. The highest BCUT2D eigenvalue weighted by Gasteiger charge is 2.16. The highest BCUT2D eigenvalue weighted by molar-refractivity contribution is 5.89. The average Bonchev–Trinajstić information content (AvgIpc) is 2.61. The molecule has 0 aliphatic heterocycles. The second-order valence-electron chi connectivity index (χ2n) is 6.10. The van der Waals surface area contributed by atoms with Crippen molar-refractivity contribution in [2.75, 3.05) is 11.9 Å². The van der Waals surface area contributed by atoms with Crippen LogP contribution in [-0.2, 0) is 0 Å². The number of benzene rings is 2. The summed E-state index contributed by atoms with van der Waals surface area (Å²) in [7, 11) is 0. The molecule has 1 heterocycles. The number of halogens is 1. The summed E-state index contributed by atoms with van der Waals surface area (Å²) in [5, 5.41) is 5.62. The molecule has 0 unspecified atom stereocenters. The monoisotopic (exact) mass is 369 g/mol. The molecule has 0 fully saturated rings. The highest BCUT2D eigenvalue weighted by atomic mass is 19.1. The zero-order valence-corrected chi connectivity index (χ0v) is 15.0. The van der Waals surface area contributed by atoms with E-state index < -0.39 is 11.9 Å². The predicted molar refractivity (Wildman–Crippen MR) is 103 cm³/mol. The number of amides is 2. The summed E-state index contributed by atoms with van der Waals surface area (Å²) in [4.78, 5) is 29.2. The number of nitrogens with two attached hydrogens (primary N) is 1. The molecule has 0 aliphatic carbocycles. The van der Waals surface area contributed by atoms with Crippen LogP contribution in [0.5, 0.6) is 0 Å². The van der Waals surface area contributed by atoms with E-state index in [1.165, 1.54) is 22.8 Å². The lowest BCUT2D eigenvalue weighted by Crippen LogP contribution is -2.29. The Morgan fingerprint density at radius 3 is 2.78 bits per heavy atom. The first kappa shape index (κ1) is 18.5. The van der Waals surface area contributed by atoms with Gasteiger partial charge >= 0.3 is 6.03 Å². The number of hydrogen-bond acceptors (Lipinski definition) is 4. The van der Waals surface area contributed by atoms with Crippen LogP contribution in [0.4, 0.5) is 14.9 Å². The van der Waals surface area contributed by atoms with E-state index in [9.17, 15) is 14.0 Å². The fourth-order valence-corrected chi connectivity index (χ4v) is 2.79. The normalized spacial score (nSPS) is 12.0. The molecule has 7 nitrogen and oxygen atoms in total. The third kappa shape index (κ3) is 3.80. The van der Waals surface area contributed by atoms with Gasteiger partial charge in [0.2, 0.25) is 0 Å². The van der Waals surface area contributed by atoms with Crippen LogP contribution >= 0.6 is 0 Å². The van der Waals surface area contributed by atoms with Crippen LogP contribution in [0.3, 0.4) is 0 Å². The molecule has 0 bridgehead atoms. The van der Waals surface area contributed by atoms with Crippen molar-refractivity contribution in [1.29, 1.82) is 0 Å². The van der Waals surface area contributed by atoms with Crippen molar-refractivity contribution in [2.45, 2.75) is 19.9 Å². The molecule has 2 aromatic carbocycles. The number of aromatic nitrogens is 2. The third-order valence-corrected chi connectivity index (χ3v) is 3.96. The molecule has 0 saturated carbocycles. The zero-order chi connectivity index (χ0) is 19.6. The van der Waals surface area contributed by atoms with Crippen LogP contribution in [0.25, 0.3) is 16.6 Å². The van der Waals surface area contributed by atoms with Gasteiger partial charge in [-0.05, 0) is 44.2 Å². The fourth-order valence-electron chi connectivity index (χ4n) is 2.79. The Morgan fingerprint density at radius 2 is 2.07 bits per heavy atom. The standard InChI is InChI=1S/C19H20FN5O2/c1-3-22-19(27)23-13-5-4-6-14(10-13)25-17(11(2)21)24-16-9-12(20)7-8-15(16)18(25)26/h4-11H,3,21H2,1-2H3,(H2,22,23,27)/t11-/m0/s1. The predicted octanol–water partition coefficient (Wildman–Crippen LogP) is 2.69. The second-order valence-corrected chi connectivity index (χ2v) is 6.10. The van der Waals surface area contributed by atoms with E-state index in [-0.39, 0.29) is 22.5 Å². The summed E-state index contributed by atoms with van der Waals surface area (Å²) in [6.45, 7) is 4.00. The Hall–Kier alpha value is -3.26. The summed E-state index contributed by atoms with van der Waals surface area (Å²) in [5.41, 5.74) is 6.92. The van der Waals surface area contributed by atoms with Crippen LogP contribution in [0, 0.1) is 5.82 Å². The van der Waals surface area contributed by atoms with Crippen molar-refractivity contribution >= 4 is 22.6 Å². The number of nitrogens with one attached hydrogen (secondary N) is 2. The molecule has 27 heavy (non-hydrogen) atoms. The van der Waals surface area contributed by atoms with Crippen molar-refractivity contribution in [3.05, 3.63) is 64.5 Å². The van der Waals surface area contributed by atoms with Crippen molar-refractivity contribution < 1.29 is 9.18 Å². The minimum Gasteiger partial charge on any atom is -0.338 e. The number of anilines is 1. The van der Waals surface area contributed by atoms with Gasteiger partial charge in [-0.25, -0.2) is 14.2 Å². The van der Waals surface area contributed by atoms with Crippen molar-refractivity contribution in [3.8, 4) is 5.69 Å². The maximum atomic E-state index is 13.5. The Kier molecular flexibility index (Phi) is 5.18. The molecule has 8 heteroatoms. The van der Waals surface area contributed by atoms with Gasteiger partial charge in [-0.2, -0.15) is 0 Å². The van der Waals surface area contributed by atoms with Gasteiger partial charge in [0.1, 0.15) is 11.6 Å². The van der Waals surface area contributed by atoms with Gasteiger partial charge in [-0.3, -0.25) is 9.36 Å². The Morgan fingerprint density at radius 1 is 1.30 bits per heavy atom. The number of rotatable bonds is 4. The number of fused-ring (bicyclic) bond motifs is 1. The Balaban J connectivity index is 2.17. The minimum atomic E-state index is -0.564. The Labute approximate surface area is 155 Å². The molecule has 0 radical (unpaired) electrons. The van der Waals surface area contributed by atoms with Crippen LogP contribution in [0.1, 0.15) is 25.7 Å². The number of nitrogens with zero attached hydrogens (tertiary/aromatic N) is 2. The first-order valence-corrected chi connectivity index (χ1v) is 8.53. The van der Waals surface area contributed by atoms with Gasteiger partial charge in [0.15, 0.2) is 0 Å². The SMILES string of the molecule is CCNC(=O)Nc1cccc(-n2c([C@H](C)N)nc3cc(F)ccc3c2=O)c1. The summed E-state index contributed by atoms with van der Waals surface area (Å²) in [6.07, 6.45) is 0. The first-order chi connectivity index (χ1) is 12.9. The van der Waals surface area contributed by atoms with Gasteiger partial charge < -0.3 is 16.4 Å². The number of carbonyl (C=O) groups excluding carboxylic acids is 1. The molecule has 4 N–H and O–H groups in total. The molecule has 0 aliphatic rings. The van der Waals surface area contributed by atoms with Crippen LogP contribution in [-0.4, -0.2) is 22.1 Å². The van der Waals surface area contributed by atoms with E-state index in [1.807, 2.05) is 6.92 Å². The summed E-state index contributed by atoms with van der Waals surface area (Å²) < 4.78 is 14.9. The largest absolute Gasteiger partial charge is 0.338 e. The van der Waals surface area contributed by atoms with E-state index in [2.05, 4.69) is 15.6 Å². The van der Waals surface area contributed by atoms with E-state index >= 15 is 0 Å². The topological polar surface area (TPSA) is 102 Å². The molecule has 2 amide bonds. The summed E-state index contributed by atoms with van der Waals surface area (Å²) >= 11 is 0. The van der Waals surface area contributed by atoms with Gasteiger partial charge in [0, 0.05) is 18.3 Å². The molecule has 0 saturated heterocycles. The average molecular weight is 369 g/mol. The van der Waals surface area contributed by atoms with E-state index in [1.54, 1.807) is 31.2 Å². The van der Waals surface area contributed by atoms with Crippen LogP contribution in [0.2, 0.25) is 0 Å². The quantitative estimate of drug-likeness (QED) is 0.658. The lowest BCUT2D eigenvalue weighted by molar-refractivity contribution is 0.252. The zero-order valence-electron chi connectivity index (χ0n) is 15.0. The number of urea groups is 1. The van der Waals surface area contributed by atoms with Gasteiger partial charge in [0.05, 0.1) is 22.6 Å². The molecule has 1 atom stereocenters. The van der Waals surface area contributed by atoms with Crippen molar-refractivity contribution in [3.63, 3.8) is 0 Å². The minimum absolute atomic E-state index is 0.250.